The summed E-state index contributed by atoms with van der Waals surface area (Å²) in [6, 6.07) is 0.655. The summed E-state index contributed by atoms with van der Waals surface area (Å²) in [4.78, 5) is 15.1. The highest BCUT2D eigenvalue weighted by Crippen LogP contribution is 2.48. The van der Waals surface area contributed by atoms with Crippen LogP contribution in [0, 0.1) is 11.8 Å². The van der Waals surface area contributed by atoms with Crippen LogP contribution >= 0.6 is 0 Å². The van der Waals surface area contributed by atoms with Crippen LogP contribution in [-0.4, -0.2) is 29.1 Å². The van der Waals surface area contributed by atoms with Gasteiger partial charge in [-0.05, 0) is 43.9 Å². The molecule has 1 amide bonds. The number of carbonyl (C=O) groups excluding carboxylic acids is 1. The first-order chi connectivity index (χ1) is 9.74. The third-order valence-corrected chi connectivity index (χ3v) is 5.75. The fourth-order valence-electron chi connectivity index (χ4n) is 4.77. The lowest BCUT2D eigenvalue weighted by Crippen LogP contribution is -2.47. The molecule has 2 bridgehead atoms. The highest BCUT2D eigenvalue weighted by Gasteiger charge is 2.49. The molecule has 2 aliphatic carbocycles. The normalized spacial score (nSPS) is 40.0. The maximum Gasteiger partial charge on any atom is 0.241 e. The molecule has 0 radical (unpaired) electrons. The molecule has 20 heavy (non-hydrogen) atoms. The molecule has 1 aliphatic heterocycles. The first-order valence-electron chi connectivity index (χ1n) is 8.82. The van der Waals surface area contributed by atoms with E-state index in [0.717, 1.165) is 37.5 Å². The number of nitrogens with one attached hydrogen (secondary N) is 1. The van der Waals surface area contributed by atoms with Crippen LogP contribution in [0.25, 0.3) is 0 Å². The van der Waals surface area contributed by atoms with E-state index in [0.29, 0.717) is 18.1 Å². The fraction of sp³-hybridized carbons (Fsp3) is 0.941. The summed E-state index contributed by atoms with van der Waals surface area (Å²) in [5.41, 5.74) is 0. The van der Waals surface area contributed by atoms with Gasteiger partial charge in [0.1, 0.15) is 0 Å². The van der Waals surface area contributed by atoms with E-state index < -0.39 is 0 Å². The summed E-state index contributed by atoms with van der Waals surface area (Å²) in [6.45, 7) is 4.43. The first kappa shape index (κ1) is 14.4. The Hall–Kier alpha value is -0.570. The van der Waals surface area contributed by atoms with Crippen molar-refractivity contribution in [2.75, 3.05) is 0 Å². The molecule has 114 valence electrons. The van der Waals surface area contributed by atoms with E-state index in [1.54, 1.807) is 0 Å². The number of amides is 1. The van der Waals surface area contributed by atoms with E-state index >= 15 is 0 Å². The smallest absolute Gasteiger partial charge is 0.241 e. The van der Waals surface area contributed by atoms with Gasteiger partial charge in [0.25, 0.3) is 0 Å². The number of rotatable bonds is 6. The van der Waals surface area contributed by atoms with Crippen LogP contribution in [-0.2, 0) is 4.79 Å². The number of carbonyl (C=O) groups is 1. The van der Waals surface area contributed by atoms with Crippen molar-refractivity contribution in [1.29, 1.82) is 0 Å². The second-order valence-corrected chi connectivity index (χ2v) is 7.15. The largest absolute Gasteiger partial charge is 0.323 e. The van der Waals surface area contributed by atoms with E-state index in [1.165, 1.54) is 32.1 Å². The third-order valence-electron chi connectivity index (χ3n) is 5.75. The maximum absolute atomic E-state index is 12.8. The van der Waals surface area contributed by atoms with Crippen molar-refractivity contribution in [3.63, 3.8) is 0 Å². The third kappa shape index (κ3) is 2.49. The molecule has 3 aliphatic rings. The van der Waals surface area contributed by atoms with Gasteiger partial charge < -0.3 is 4.90 Å². The van der Waals surface area contributed by atoms with Gasteiger partial charge in [-0.15, -0.1) is 0 Å². The molecule has 1 N–H and O–H groups in total. The van der Waals surface area contributed by atoms with Crippen molar-refractivity contribution in [1.82, 2.24) is 10.2 Å². The number of hydrogen-bond donors (Lipinski definition) is 1. The number of hydrogen-bond acceptors (Lipinski definition) is 2. The van der Waals surface area contributed by atoms with E-state index in [1.807, 2.05) is 0 Å². The molecule has 3 nitrogen and oxygen atoms in total. The van der Waals surface area contributed by atoms with Crippen molar-refractivity contribution in [3.8, 4) is 0 Å². The Morgan fingerprint density at radius 1 is 1.15 bits per heavy atom. The summed E-state index contributed by atoms with van der Waals surface area (Å²) in [5, 5.41) is 3.64. The fourth-order valence-corrected chi connectivity index (χ4v) is 4.77. The zero-order valence-corrected chi connectivity index (χ0v) is 13.1. The van der Waals surface area contributed by atoms with Gasteiger partial charge in [-0.3, -0.25) is 10.1 Å². The van der Waals surface area contributed by atoms with Crippen LogP contribution in [0.3, 0.4) is 0 Å². The Morgan fingerprint density at radius 3 is 2.60 bits per heavy atom. The van der Waals surface area contributed by atoms with E-state index in [2.05, 4.69) is 24.1 Å². The van der Waals surface area contributed by atoms with E-state index in [9.17, 15) is 4.79 Å². The Bertz CT molecular complexity index is 357. The van der Waals surface area contributed by atoms with E-state index in [-0.39, 0.29) is 6.04 Å². The topological polar surface area (TPSA) is 32.3 Å². The lowest BCUT2D eigenvalue weighted by Gasteiger charge is -2.35. The van der Waals surface area contributed by atoms with Crippen LogP contribution < -0.4 is 5.32 Å². The van der Waals surface area contributed by atoms with Gasteiger partial charge in [0.15, 0.2) is 0 Å². The quantitative estimate of drug-likeness (QED) is 0.808. The highest BCUT2D eigenvalue weighted by molar-refractivity contribution is 5.84. The minimum Gasteiger partial charge on any atom is -0.323 e. The number of fused-ring (bicyclic) bond motifs is 2. The van der Waals surface area contributed by atoms with Crippen LogP contribution in [0.4, 0.5) is 0 Å². The first-order valence-corrected chi connectivity index (χ1v) is 8.82. The molecular formula is C17H30N2O. The predicted molar refractivity (Wildman–Crippen MR) is 81.2 cm³/mol. The lowest BCUT2D eigenvalue weighted by molar-refractivity contribution is -0.133. The van der Waals surface area contributed by atoms with Crippen molar-refractivity contribution >= 4 is 5.91 Å². The summed E-state index contributed by atoms with van der Waals surface area (Å²) < 4.78 is 0. The van der Waals surface area contributed by atoms with Crippen LogP contribution in [0.15, 0.2) is 0 Å². The van der Waals surface area contributed by atoms with Crippen molar-refractivity contribution in [3.05, 3.63) is 0 Å². The molecule has 2 saturated carbocycles. The van der Waals surface area contributed by atoms with Gasteiger partial charge in [-0.1, -0.05) is 39.5 Å². The lowest BCUT2D eigenvalue weighted by atomic mass is 9.93. The van der Waals surface area contributed by atoms with Crippen molar-refractivity contribution in [2.24, 2.45) is 11.8 Å². The summed E-state index contributed by atoms with van der Waals surface area (Å²) in [5.74, 6) is 2.12. The minimum atomic E-state index is 0.102. The monoisotopic (exact) mass is 278 g/mol. The van der Waals surface area contributed by atoms with Gasteiger partial charge in [0, 0.05) is 6.04 Å². The number of nitrogens with zero attached hydrogens (tertiary/aromatic N) is 1. The van der Waals surface area contributed by atoms with Gasteiger partial charge >= 0.3 is 0 Å². The molecule has 0 aromatic carbocycles. The summed E-state index contributed by atoms with van der Waals surface area (Å²) >= 11 is 0. The standard InChI is InChI=1S/C17H30N2O/c1-3-5-7-14-17(20)19(16(18-14)6-4-2)15-11-12-8-9-13(15)10-12/h12-16,18H,3-11H2,1-2H3. The number of unbranched alkanes of at least 4 members (excludes halogenated alkanes) is 1. The van der Waals surface area contributed by atoms with E-state index in [4.69, 9.17) is 0 Å². The zero-order chi connectivity index (χ0) is 14.1. The molecule has 5 atom stereocenters. The average Bonchev–Trinajstić information content (AvgIpc) is 3.12. The Balaban J connectivity index is 1.70. The SMILES string of the molecule is CCCCC1NC(CCC)N(C2CC3CCC2C3)C1=O. The highest BCUT2D eigenvalue weighted by atomic mass is 16.2. The molecule has 0 aromatic rings. The average molecular weight is 278 g/mol. The van der Waals surface area contributed by atoms with Crippen molar-refractivity contribution < 1.29 is 4.79 Å². The van der Waals surface area contributed by atoms with Crippen LogP contribution in [0.5, 0.6) is 0 Å². The predicted octanol–water partition coefficient (Wildman–Crippen LogP) is 3.29. The molecule has 1 heterocycles. The molecular weight excluding hydrogens is 248 g/mol. The second-order valence-electron chi connectivity index (χ2n) is 7.15. The van der Waals surface area contributed by atoms with Crippen LogP contribution in [0.1, 0.15) is 71.6 Å². The summed E-state index contributed by atoms with van der Waals surface area (Å²) in [6.07, 6.45) is 11.4. The van der Waals surface area contributed by atoms with Gasteiger partial charge in [0.05, 0.1) is 12.2 Å². The van der Waals surface area contributed by atoms with Crippen LogP contribution in [0.2, 0.25) is 0 Å². The van der Waals surface area contributed by atoms with Gasteiger partial charge in [-0.25, -0.2) is 0 Å². The zero-order valence-electron chi connectivity index (χ0n) is 13.1. The maximum atomic E-state index is 12.8. The minimum absolute atomic E-state index is 0.102. The molecule has 0 spiro atoms. The second kappa shape index (κ2) is 6.05. The molecule has 3 rings (SSSR count). The van der Waals surface area contributed by atoms with Gasteiger partial charge in [0.2, 0.25) is 5.91 Å². The van der Waals surface area contributed by atoms with Crippen molar-refractivity contribution in [2.45, 2.75) is 89.9 Å². The Kier molecular flexibility index (Phi) is 4.34. The molecule has 1 saturated heterocycles. The Labute approximate surface area is 123 Å². The Morgan fingerprint density at radius 2 is 2.00 bits per heavy atom. The molecule has 3 fully saturated rings. The summed E-state index contributed by atoms with van der Waals surface area (Å²) in [7, 11) is 0. The molecule has 3 heteroatoms. The molecule has 0 aromatic heterocycles. The van der Waals surface area contributed by atoms with Gasteiger partial charge in [-0.2, -0.15) is 0 Å². The molecule has 5 unspecified atom stereocenters.